The van der Waals surface area contributed by atoms with Crippen molar-refractivity contribution in [3.8, 4) is 0 Å². The number of alkyl halides is 1. The first kappa shape index (κ1) is 15.1. The van der Waals surface area contributed by atoms with Crippen LogP contribution in [0.5, 0.6) is 0 Å². The van der Waals surface area contributed by atoms with Gasteiger partial charge in [-0.3, -0.25) is 4.79 Å². The predicted molar refractivity (Wildman–Crippen MR) is 82.0 cm³/mol. The number of carbonyl (C=O) groups excluding carboxylic acids is 1. The molecule has 0 aromatic heterocycles. The predicted octanol–water partition coefficient (Wildman–Crippen LogP) is 3.60. The Balaban J connectivity index is 1.97. The smallest absolute Gasteiger partial charge is 0.173 e. The maximum Gasteiger partial charge on any atom is 0.173 e. The van der Waals surface area contributed by atoms with E-state index < -0.39 is 11.6 Å². The lowest BCUT2D eigenvalue weighted by atomic mass is 9.67. The molecule has 3 rings (SSSR count). The van der Waals surface area contributed by atoms with E-state index in [9.17, 15) is 13.6 Å². The quantitative estimate of drug-likeness (QED) is 0.864. The lowest BCUT2D eigenvalue weighted by molar-refractivity contribution is 0.0795. The molecule has 0 saturated carbocycles. The van der Waals surface area contributed by atoms with Gasteiger partial charge in [0.15, 0.2) is 5.78 Å². The van der Waals surface area contributed by atoms with Gasteiger partial charge in [0.2, 0.25) is 0 Å². The van der Waals surface area contributed by atoms with Gasteiger partial charge < -0.3 is 5.32 Å². The van der Waals surface area contributed by atoms with Gasteiger partial charge in [0.25, 0.3) is 0 Å². The van der Waals surface area contributed by atoms with Crippen molar-refractivity contribution in [1.82, 2.24) is 5.32 Å². The highest BCUT2D eigenvalue weighted by molar-refractivity contribution is 6.03. The number of allylic oxidation sites excluding steroid dienone is 4. The molecule has 0 bridgehead atoms. The monoisotopic (exact) mass is 303 g/mol. The van der Waals surface area contributed by atoms with Crippen molar-refractivity contribution in [2.75, 3.05) is 13.1 Å². The van der Waals surface area contributed by atoms with Crippen LogP contribution in [-0.2, 0) is 0 Å². The van der Waals surface area contributed by atoms with Crippen LogP contribution in [0.4, 0.5) is 8.78 Å². The molecule has 1 aliphatic heterocycles. The molecule has 1 aromatic rings. The van der Waals surface area contributed by atoms with Crippen LogP contribution in [0.3, 0.4) is 0 Å². The summed E-state index contributed by atoms with van der Waals surface area (Å²) in [6.45, 7) is 1.49. The van der Waals surface area contributed by atoms with Gasteiger partial charge in [-0.15, -0.1) is 0 Å². The van der Waals surface area contributed by atoms with Crippen molar-refractivity contribution in [2.45, 2.75) is 25.4 Å². The number of piperidine rings is 1. The summed E-state index contributed by atoms with van der Waals surface area (Å²) in [4.78, 5) is 13.1. The lowest BCUT2D eigenvalue weighted by Gasteiger charge is -2.38. The highest BCUT2D eigenvalue weighted by Crippen LogP contribution is 2.42. The van der Waals surface area contributed by atoms with Crippen LogP contribution in [0.2, 0.25) is 0 Å². The van der Waals surface area contributed by atoms with Crippen LogP contribution in [0.1, 0.15) is 29.6 Å². The molecule has 1 saturated heterocycles. The van der Waals surface area contributed by atoms with Crippen molar-refractivity contribution in [3.63, 3.8) is 0 Å². The Morgan fingerprint density at radius 3 is 2.45 bits per heavy atom. The average Bonchev–Trinajstić information content (AvgIpc) is 2.56. The van der Waals surface area contributed by atoms with E-state index in [0.717, 1.165) is 18.7 Å². The Labute approximate surface area is 128 Å². The minimum atomic E-state index is -0.969. The first-order valence-electron chi connectivity index (χ1n) is 7.66. The normalized spacial score (nSPS) is 23.9. The molecule has 1 heterocycles. The van der Waals surface area contributed by atoms with Gasteiger partial charge in [-0.2, -0.15) is 0 Å². The number of halogens is 2. The van der Waals surface area contributed by atoms with Crippen LogP contribution in [-0.4, -0.2) is 25.0 Å². The van der Waals surface area contributed by atoms with Crippen LogP contribution in [0, 0.1) is 11.2 Å². The van der Waals surface area contributed by atoms with Crippen LogP contribution in [0.25, 0.3) is 0 Å². The summed E-state index contributed by atoms with van der Waals surface area (Å²) >= 11 is 0. The number of hydrogen-bond donors (Lipinski definition) is 1. The minimum Gasteiger partial charge on any atom is -0.317 e. The fraction of sp³-hybridized carbons (Fsp3) is 0.389. The number of Topliss-reactive ketones (excluding diaryl/α,β-unsaturated/α-hetero) is 1. The number of carbonyl (C=O) groups is 1. The van der Waals surface area contributed by atoms with Gasteiger partial charge in [0.05, 0.1) is 5.41 Å². The van der Waals surface area contributed by atoms with E-state index in [-0.39, 0.29) is 11.6 Å². The van der Waals surface area contributed by atoms with Gasteiger partial charge >= 0.3 is 0 Å². The maximum atomic E-state index is 13.3. The molecule has 116 valence electrons. The Kier molecular flexibility index (Phi) is 4.21. The SMILES string of the molecule is O=C(c1ccc(F)cc1)C1(C2=CCC(F)C=C2)CCNCC1. The maximum absolute atomic E-state index is 13.3. The molecular weight excluding hydrogens is 284 g/mol. The summed E-state index contributed by atoms with van der Waals surface area (Å²) in [6.07, 6.45) is 5.82. The fourth-order valence-corrected chi connectivity index (χ4v) is 3.33. The molecule has 0 amide bonds. The van der Waals surface area contributed by atoms with E-state index in [1.807, 2.05) is 6.08 Å². The van der Waals surface area contributed by atoms with Gasteiger partial charge in [0.1, 0.15) is 12.0 Å². The summed E-state index contributed by atoms with van der Waals surface area (Å²) in [5.74, 6) is -0.352. The lowest BCUT2D eigenvalue weighted by Crippen LogP contribution is -2.43. The topological polar surface area (TPSA) is 29.1 Å². The molecule has 4 heteroatoms. The Bertz CT molecular complexity index is 612. The molecule has 2 nitrogen and oxygen atoms in total. The van der Waals surface area contributed by atoms with Crippen LogP contribution in [0.15, 0.2) is 48.1 Å². The highest BCUT2D eigenvalue weighted by Gasteiger charge is 2.42. The second kappa shape index (κ2) is 6.13. The molecule has 2 aliphatic rings. The molecule has 1 N–H and O–H groups in total. The van der Waals surface area contributed by atoms with Crippen LogP contribution >= 0.6 is 0 Å². The summed E-state index contributed by atoms with van der Waals surface area (Å²) in [6, 6.07) is 5.69. The minimum absolute atomic E-state index is 0.00204. The Morgan fingerprint density at radius 2 is 1.86 bits per heavy atom. The van der Waals surface area contributed by atoms with Gasteiger partial charge in [-0.05, 0) is 55.8 Å². The van der Waals surface area contributed by atoms with Gasteiger partial charge in [-0.1, -0.05) is 18.2 Å². The summed E-state index contributed by atoms with van der Waals surface area (Å²) in [5.41, 5.74) is 0.789. The third-order valence-corrected chi connectivity index (χ3v) is 4.60. The van der Waals surface area contributed by atoms with Crippen molar-refractivity contribution in [1.29, 1.82) is 0 Å². The number of benzene rings is 1. The first-order chi connectivity index (χ1) is 10.6. The van der Waals surface area contributed by atoms with E-state index in [2.05, 4.69) is 5.32 Å². The zero-order valence-corrected chi connectivity index (χ0v) is 12.3. The van der Waals surface area contributed by atoms with E-state index in [1.165, 1.54) is 30.3 Å². The molecule has 1 fully saturated rings. The van der Waals surface area contributed by atoms with Crippen molar-refractivity contribution >= 4 is 5.78 Å². The molecule has 1 aromatic carbocycles. The zero-order valence-electron chi connectivity index (χ0n) is 12.3. The Hall–Kier alpha value is -1.81. The van der Waals surface area contributed by atoms with Crippen LogP contribution < -0.4 is 5.32 Å². The Morgan fingerprint density at radius 1 is 1.18 bits per heavy atom. The van der Waals surface area contributed by atoms with Crippen molar-refractivity contribution in [3.05, 3.63) is 59.4 Å². The zero-order chi connectivity index (χ0) is 15.6. The number of nitrogens with one attached hydrogen (secondary N) is 1. The number of hydrogen-bond acceptors (Lipinski definition) is 2. The third kappa shape index (κ3) is 2.75. The standard InChI is InChI=1S/C18H19F2NO/c19-15-5-1-13(2-6-15)17(22)18(9-11-21-12-10-18)14-3-7-16(20)8-4-14/h1-7,16,21H,8-12H2. The number of ketones is 1. The molecule has 1 unspecified atom stereocenters. The van der Waals surface area contributed by atoms with E-state index in [0.29, 0.717) is 24.8 Å². The molecule has 22 heavy (non-hydrogen) atoms. The largest absolute Gasteiger partial charge is 0.317 e. The second-order valence-corrected chi connectivity index (χ2v) is 5.94. The summed E-state index contributed by atoms with van der Waals surface area (Å²) in [5, 5.41) is 3.27. The first-order valence-corrected chi connectivity index (χ1v) is 7.66. The highest BCUT2D eigenvalue weighted by atomic mass is 19.1. The molecule has 0 radical (unpaired) electrons. The molecule has 1 aliphatic carbocycles. The van der Waals surface area contributed by atoms with E-state index >= 15 is 0 Å². The van der Waals surface area contributed by atoms with E-state index in [1.54, 1.807) is 6.08 Å². The summed E-state index contributed by atoms with van der Waals surface area (Å²) in [7, 11) is 0. The van der Waals surface area contributed by atoms with Gasteiger partial charge in [0, 0.05) is 12.0 Å². The van der Waals surface area contributed by atoms with Crippen molar-refractivity contribution < 1.29 is 13.6 Å². The molecule has 1 atom stereocenters. The molecular formula is C18H19F2NO. The fourth-order valence-electron chi connectivity index (χ4n) is 3.33. The van der Waals surface area contributed by atoms with E-state index in [4.69, 9.17) is 0 Å². The van der Waals surface area contributed by atoms with Crippen molar-refractivity contribution in [2.24, 2.45) is 5.41 Å². The average molecular weight is 303 g/mol. The third-order valence-electron chi connectivity index (χ3n) is 4.60. The second-order valence-electron chi connectivity index (χ2n) is 5.94. The summed E-state index contributed by atoms with van der Waals surface area (Å²) < 4.78 is 26.4. The van der Waals surface area contributed by atoms with Gasteiger partial charge in [-0.25, -0.2) is 8.78 Å². The number of rotatable bonds is 3. The molecule has 0 spiro atoms.